The molecular weight excluding hydrogens is 373 g/mol. The van der Waals surface area contributed by atoms with Crippen LogP contribution in [0.4, 0.5) is 15.9 Å². The number of nitrogens with zero attached hydrogens (tertiary/aromatic N) is 4. The number of nitrogens with one attached hydrogen (secondary N) is 1. The minimum Gasteiger partial charge on any atom is -0.465 e. The minimum absolute atomic E-state index is 0.338. The van der Waals surface area contributed by atoms with Crippen LogP contribution in [0.3, 0.4) is 0 Å². The van der Waals surface area contributed by atoms with Crippen molar-refractivity contribution in [2.24, 2.45) is 0 Å². The number of halogens is 1. The van der Waals surface area contributed by atoms with E-state index in [1.165, 1.54) is 31.6 Å². The second kappa shape index (κ2) is 9.47. The van der Waals surface area contributed by atoms with Crippen LogP contribution >= 0.6 is 0 Å². The molecule has 3 aromatic rings. The molecule has 0 fully saturated rings. The molecule has 0 aliphatic heterocycles. The maximum absolute atomic E-state index is 13.9. The Bertz CT molecular complexity index is 986. The molecule has 2 heterocycles. The summed E-state index contributed by atoms with van der Waals surface area (Å²) in [5.74, 6) is -0.345. The Morgan fingerprint density at radius 1 is 1.24 bits per heavy atom. The van der Waals surface area contributed by atoms with E-state index < -0.39 is 5.97 Å². The summed E-state index contributed by atoms with van der Waals surface area (Å²) in [5, 5.41) is 8.41. The lowest BCUT2D eigenvalue weighted by Crippen LogP contribution is -2.13. The summed E-state index contributed by atoms with van der Waals surface area (Å²) in [4.78, 5) is 18.3. The first kappa shape index (κ1) is 20.7. The van der Waals surface area contributed by atoms with Crippen LogP contribution in [0.5, 0.6) is 0 Å². The number of aromatic nitrogens is 3. The minimum atomic E-state index is -0.481. The summed E-state index contributed by atoms with van der Waals surface area (Å²) < 4.78 is 20.6. The average Bonchev–Trinajstić information content (AvgIpc) is 3.04. The average molecular weight is 399 g/mol. The van der Waals surface area contributed by atoms with Crippen LogP contribution in [-0.4, -0.2) is 53.4 Å². The molecule has 0 aliphatic carbocycles. The first-order valence-corrected chi connectivity index (χ1v) is 9.59. The van der Waals surface area contributed by atoms with Crippen molar-refractivity contribution < 1.29 is 13.9 Å². The van der Waals surface area contributed by atoms with Crippen LogP contribution in [0.25, 0.3) is 10.9 Å². The molecule has 0 spiro atoms. The number of esters is 1. The van der Waals surface area contributed by atoms with Gasteiger partial charge >= 0.3 is 5.97 Å². The van der Waals surface area contributed by atoms with E-state index in [1.807, 2.05) is 4.68 Å². The van der Waals surface area contributed by atoms with Gasteiger partial charge in [-0.2, -0.15) is 5.10 Å². The van der Waals surface area contributed by atoms with Crippen LogP contribution in [-0.2, 0) is 11.3 Å². The lowest BCUT2D eigenvalue weighted by molar-refractivity contribution is 0.0602. The summed E-state index contributed by atoms with van der Waals surface area (Å²) in [6, 6.07) is 6.17. The molecule has 0 unspecified atom stereocenters. The van der Waals surface area contributed by atoms with E-state index in [2.05, 4.69) is 34.4 Å². The van der Waals surface area contributed by atoms with E-state index in [-0.39, 0.29) is 5.82 Å². The summed E-state index contributed by atoms with van der Waals surface area (Å²) in [6.07, 6.45) is 6.21. The molecule has 3 rings (SSSR count). The first-order valence-electron chi connectivity index (χ1n) is 9.59. The zero-order valence-electron chi connectivity index (χ0n) is 17.0. The molecule has 0 bridgehead atoms. The molecule has 8 heteroatoms. The second-order valence-corrected chi connectivity index (χ2v) is 7.13. The quantitative estimate of drug-likeness (QED) is 0.435. The predicted molar refractivity (Wildman–Crippen MR) is 111 cm³/mol. The molecule has 154 valence electrons. The number of benzene rings is 1. The number of rotatable bonds is 9. The van der Waals surface area contributed by atoms with E-state index in [4.69, 9.17) is 4.74 Å². The molecule has 0 radical (unpaired) electrons. The first-order chi connectivity index (χ1) is 14.0. The third-order valence-electron chi connectivity index (χ3n) is 4.67. The maximum Gasteiger partial charge on any atom is 0.340 e. The third-order valence-corrected chi connectivity index (χ3v) is 4.67. The van der Waals surface area contributed by atoms with Gasteiger partial charge in [0, 0.05) is 18.1 Å². The molecule has 0 saturated heterocycles. The van der Waals surface area contributed by atoms with Crippen LogP contribution in [0, 0.1) is 5.82 Å². The zero-order chi connectivity index (χ0) is 20.8. The Balaban J connectivity index is 1.85. The largest absolute Gasteiger partial charge is 0.465 e. The second-order valence-electron chi connectivity index (χ2n) is 7.13. The Morgan fingerprint density at radius 3 is 2.83 bits per heavy atom. The van der Waals surface area contributed by atoms with E-state index in [9.17, 15) is 9.18 Å². The zero-order valence-corrected chi connectivity index (χ0v) is 17.0. The number of aryl methyl sites for hydroxylation is 1. The molecule has 2 aromatic heterocycles. The number of unbranched alkanes of at least 4 members (excludes halogenated alkanes) is 2. The Labute approximate surface area is 169 Å². The lowest BCUT2D eigenvalue weighted by atomic mass is 10.2. The van der Waals surface area contributed by atoms with E-state index in [0.717, 1.165) is 37.9 Å². The van der Waals surface area contributed by atoms with Gasteiger partial charge in [-0.1, -0.05) is 6.42 Å². The maximum atomic E-state index is 13.9. The highest BCUT2D eigenvalue weighted by Crippen LogP contribution is 2.28. The van der Waals surface area contributed by atoms with E-state index >= 15 is 0 Å². The summed E-state index contributed by atoms with van der Waals surface area (Å²) in [6.45, 7) is 1.78. The Morgan fingerprint density at radius 2 is 2.07 bits per heavy atom. The SMILES string of the molecule is COC(=O)c1ccncc1Nc1nn(CCCCCN(C)C)c2ccc(F)cc12. The van der Waals surface area contributed by atoms with Gasteiger partial charge in [-0.25, -0.2) is 9.18 Å². The number of hydrogen-bond acceptors (Lipinski definition) is 6. The van der Waals surface area contributed by atoms with Gasteiger partial charge in [-0.3, -0.25) is 9.67 Å². The van der Waals surface area contributed by atoms with Crippen LogP contribution in [0.1, 0.15) is 29.6 Å². The van der Waals surface area contributed by atoms with Crippen molar-refractivity contribution in [2.75, 3.05) is 33.1 Å². The number of ether oxygens (including phenoxy) is 1. The summed E-state index contributed by atoms with van der Waals surface area (Å²) >= 11 is 0. The third kappa shape index (κ3) is 5.08. The topological polar surface area (TPSA) is 72.3 Å². The fourth-order valence-corrected chi connectivity index (χ4v) is 3.19. The van der Waals surface area contributed by atoms with Crippen LogP contribution in [0.15, 0.2) is 36.7 Å². The van der Waals surface area contributed by atoms with Gasteiger partial charge in [0.1, 0.15) is 5.82 Å². The van der Waals surface area contributed by atoms with Crippen molar-refractivity contribution in [3.05, 3.63) is 48.0 Å². The van der Waals surface area contributed by atoms with Gasteiger partial charge in [0.25, 0.3) is 0 Å². The van der Waals surface area contributed by atoms with Gasteiger partial charge in [0.05, 0.1) is 30.1 Å². The highest BCUT2D eigenvalue weighted by molar-refractivity contribution is 5.98. The Hall–Kier alpha value is -3.00. The van der Waals surface area contributed by atoms with Gasteiger partial charge in [-0.15, -0.1) is 0 Å². The summed E-state index contributed by atoms with van der Waals surface area (Å²) in [5.41, 5.74) is 1.64. The van der Waals surface area contributed by atoms with Crippen molar-refractivity contribution in [3.8, 4) is 0 Å². The number of fused-ring (bicyclic) bond motifs is 1. The number of hydrogen-bond donors (Lipinski definition) is 1. The van der Waals surface area contributed by atoms with E-state index in [0.29, 0.717) is 22.5 Å². The van der Waals surface area contributed by atoms with E-state index in [1.54, 1.807) is 12.1 Å². The molecule has 0 amide bonds. The molecule has 0 aliphatic rings. The van der Waals surface area contributed by atoms with Gasteiger partial charge in [0.2, 0.25) is 0 Å². The molecule has 1 N–H and O–H groups in total. The van der Waals surface area contributed by atoms with Gasteiger partial charge < -0.3 is 15.0 Å². The molecule has 1 aromatic carbocycles. The van der Waals surface area contributed by atoms with Gasteiger partial charge in [0.15, 0.2) is 5.82 Å². The smallest absolute Gasteiger partial charge is 0.340 e. The highest BCUT2D eigenvalue weighted by Gasteiger charge is 2.16. The van der Waals surface area contributed by atoms with Crippen molar-refractivity contribution in [1.29, 1.82) is 0 Å². The molecule has 0 atom stereocenters. The standard InChI is InChI=1S/C21H26FN5O2/c1-26(2)11-5-4-6-12-27-19-8-7-15(22)13-17(19)20(25-27)24-18-14-23-10-9-16(18)21(28)29-3/h7-10,13-14H,4-6,11-12H2,1-3H3,(H,24,25). The van der Waals surface area contributed by atoms with Crippen LogP contribution < -0.4 is 5.32 Å². The molecule has 0 saturated carbocycles. The molecule has 7 nitrogen and oxygen atoms in total. The Kier molecular flexibility index (Phi) is 6.77. The number of pyridine rings is 1. The van der Waals surface area contributed by atoms with Crippen molar-refractivity contribution in [1.82, 2.24) is 19.7 Å². The molecule has 29 heavy (non-hydrogen) atoms. The fourth-order valence-electron chi connectivity index (χ4n) is 3.19. The number of anilines is 2. The fraction of sp³-hybridized carbons (Fsp3) is 0.381. The number of carbonyl (C=O) groups is 1. The van der Waals surface area contributed by atoms with Crippen molar-refractivity contribution in [3.63, 3.8) is 0 Å². The van der Waals surface area contributed by atoms with Crippen molar-refractivity contribution >= 4 is 28.4 Å². The normalized spacial score (nSPS) is 11.2. The predicted octanol–water partition coefficient (Wildman–Crippen LogP) is 3.83. The van der Waals surface area contributed by atoms with Crippen molar-refractivity contribution in [2.45, 2.75) is 25.8 Å². The highest BCUT2D eigenvalue weighted by atomic mass is 19.1. The number of carbonyl (C=O) groups excluding carboxylic acids is 1. The van der Waals surface area contributed by atoms with Gasteiger partial charge in [-0.05, 0) is 57.7 Å². The van der Waals surface area contributed by atoms with Crippen LogP contribution in [0.2, 0.25) is 0 Å². The number of methoxy groups -OCH3 is 1. The molecular formula is C21H26FN5O2. The summed E-state index contributed by atoms with van der Waals surface area (Å²) in [7, 11) is 5.45. The monoisotopic (exact) mass is 399 g/mol. The lowest BCUT2D eigenvalue weighted by Gasteiger charge is -2.09.